The van der Waals surface area contributed by atoms with Crippen LogP contribution in [0, 0.1) is 19.8 Å². The summed E-state index contributed by atoms with van der Waals surface area (Å²) in [6.45, 7) is 5.66. The van der Waals surface area contributed by atoms with E-state index in [0.717, 1.165) is 32.2 Å². The van der Waals surface area contributed by atoms with Crippen LogP contribution in [0.3, 0.4) is 0 Å². The van der Waals surface area contributed by atoms with E-state index < -0.39 is 0 Å². The molecule has 1 saturated heterocycles. The first-order valence-corrected chi connectivity index (χ1v) is 10.2. The minimum Gasteiger partial charge on any atom is -0.352 e. The molecule has 0 radical (unpaired) electrons. The van der Waals surface area contributed by atoms with E-state index in [9.17, 15) is 9.59 Å². The van der Waals surface area contributed by atoms with E-state index in [2.05, 4.69) is 37.4 Å². The standard InChI is InChI=1S/C22H32N2O2/c1-16-8-9-18(17(2)14-16)10-11-21(25)23-20-12-13-24(15-20)22(26)19-6-4-3-5-7-19/h8-9,14,19-20H,3-7,10-13,15H2,1-2H3,(H,23,25). The van der Waals surface area contributed by atoms with Gasteiger partial charge in [-0.05, 0) is 50.7 Å². The number of carbonyl (C=O) groups excluding carboxylic acids is 2. The number of hydrogen-bond donors (Lipinski definition) is 1. The topological polar surface area (TPSA) is 49.4 Å². The molecule has 2 aliphatic rings. The highest BCUT2D eigenvalue weighted by Crippen LogP contribution is 2.26. The van der Waals surface area contributed by atoms with E-state index in [0.29, 0.717) is 18.9 Å². The SMILES string of the molecule is Cc1ccc(CCC(=O)NC2CCN(C(=O)C3CCCCC3)C2)c(C)c1. The number of amides is 2. The van der Waals surface area contributed by atoms with Gasteiger partial charge >= 0.3 is 0 Å². The maximum atomic E-state index is 12.6. The van der Waals surface area contributed by atoms with Crippen molar-refractivity contribution in [3.63, 3.8) is 0 Å². The van der Waals surface area contributed by atoms with Crippen LogP contribution in [-0.4, -0.2) is 35.8 Å². The molecule has 2 fully saturated rings. The summed E-state index contributed by atoms with van der Waals surface area (Å²) in [5.74, 6) is 0.640. The van der Waals surface area contributed by atoms with Crippen molar-refractivity contribution >= 4 is 11.8 Å². The molecule has 1 atom stereocenters. The first-order chi connectivity index (χ1) is 12.5. The average molecular weight is 357 g/mol. The van der Waals surface area contributed by atoms with E-state index >= 15 is 0 Å². The molecule has 4 nitrogen and oxygen atoms in total. The fraction of sp³-hybridized carbons (Fsp3) is 0.636. The first-order valence-electron chi connectivity index (χ1n) is 10.2. The zero-order valence-electron chi connectivity index (χ0n) is 16.2. The minimum absolute atomic E-state index is 0.0990. The van der Waals surface area contributed by atoms with E-state index in [1.165, 1.54) is 36.0 Å². The molecule has 142 valence electrons. The maximum absolute atomic E-state index is 12.6. The zero-order valence-corrected chi connectivity index (χ0v) is 16.2. The number of aryl methyl sites for hydroxylation is 3. The van der Waals surface area contributed by atoms with E-state index in [-0.39, 0.29) is 17.9 Å². The lowest BCUT2D eigenvalue weighted by Gasteiger charge is -2.26. The van der Waals surface area contributed by atoms with Crippen LogP contribution in [0.25, 0.3) is 0 Å². The van der Waals surface area contributed by atoms with Gasteiger partial charge in [-0.2, -0.15) is 0 Å². The number of hydrogen-bond acceptors (Lipinski definition) is 2. The fourth-order valence-corrected chi connectivity index (χ4v) is 4.36. The summed E-state index contributed by atoms with van der Waals surface area (Å²) in [6, 6.07) is 6.51. The minimum atomic E-state index is 0.0990. The number of likely N-dealkylation sites (tertiary alicyclic amines) is 1. The predicted molar refractivity (Wildman–Crippen MR) is 104 cm³/mol. The largest absolute Gasteiger partial charge is 0.352 e. The third kappa shape index (κ3) is 4.87. The summed E-state index contributed by atoms with van der Waals surface area (Å²) in [5.41, 5.74) is 3.75. The van der Waals surface area contributed by atoms with Gasteiger partial charge in [0.1, 0.15) is 0 Å². The van der Waals surface area contributed by atoms with Gasteiger partial charge in [-0.3, -0.25) is 9.59 Å². The van der Waals surface area contributed by atoms with Crippen LogP contribution in [0.5, 0.6) is 0 Å². The Balaban J connectivity index is 1.43. The van der Waals surface area contributed by atoms with Gasteiger partial charge in [-0.15, -0.1) is 0 Å². The molecule has 1 saturated carbocycles. The highest BCUT2D eigenvalue weighted by molar-refractivity contribution is 5.80. The number of benzene rings is 1. The van der Waals surface area contributed by atoms with Crippen molar-refractivity contribution in [2.45, 2.75) is 71.3 Å². The van der Waals surface area contributed by atoms with Gasteiger partial charge < -0.3 is 10.2 Å². The normalized spacial score (nSPS) is 21.0. The predicted octanol–water partition coefficient (Wildman–Crippen LogP) is 3.53. The Labute approximate surface area is 157 Å². The Morgan fingerprint density at radius 1 is 1.12 bits per heavy atom. The Bertz CT molecular complexity index is 650. The average Bonchev–Trinajstić information content (AvgIpc) is 3.09. The lowest BCUT2D eigenvalue weighted by Crippen LogP contribution is -2.40. The van der Waals surface area contributed by atoms with Gasteiger partial charge in [0.05, 0.1) is 0 Å². The highest BCUT2D eigenvalue weighted by Gasteiger charge is 2.31. The molecule has 0 aromatic heterocycles. The molecule has 1 aromatic carbocycles. The molecular weight excluding hydrogens is 324 g/mol. The summed E-state index contributed by atoms with van der Waals surface area (Å²) in [4.78, 5) is 26.9. The molecule has 4 heteroatoms. The van der Waals surface area contributed by atoms with Crippen molar-refractivity contribution in [2.24, 2.45) is 5.92 Å². The van der Waals surface area contributed by atoms with Gasteiger partial charge in [-0.1, -0.05) is 43.0 Å². The molecule has 26 heavy (non-hydrogen) atoms. The molecule has 1 aliphatic carbocycles. The van der Waals surface area contributed by atoms with Gasteiger partial charge in [0.2, 0.25) is 11.8 Å². The van der Waals surface area contributed by atoms with Gasteiger partial charge in [0.15, 0.2) is 0 Å². The summed E-state index contributed by atoms with van der Waals surface area (Å²) in [5, 5.41) is 3.13. The van der Waals surface area contributed by atoms with Crippen LogP contribution < -0.4 is 5.32 Å². The quantitative estimate of drug-likeness (QED) is 0.877. The Hall–Kier alpha value is -1.84. The highest BCUT2D eigenvalue weighted by atomic mass is 16.2. The summed E-state index contributed by atoms with van der Waals surface area (Å²) < 4.78 is 0. The molecule has 0 bridgehead atoms. The molecule has 3 rings (SSSR count). The summed E-state index contributed by atoms with van der Waals surface area (Å²) >= 11 is 0. The van der Waals surface area contributed by atoms with Crippen molar-refractivity contribution in [3.05, 3.63) is 34.9 Å². The Kier molecular flexibility index (Phi) is 6.33. The fourth-order valence-electron chi connectivity index (χ4n) is 4.36. The molecule has 1 aliphatic heterocycles. The lowest BCUT2D eigenvalue weighted by molar-refractivity contribution is -0.135. The van der Waals surface area contributed by atoms with Gasteiger partial charge in [0.25, 0.3) is 0 Å². The second-order valence-corrected chi connectivity index (χ2v) is 8.10. The lowest BCUT2D eigenvalue weighted by atomic mass is 9.88. The number of carbonyl (C=O) groups is 2. The van der Waals surface area contributed by atoms with E-state index in [1.54, 1.807) is 0 Å². The number of rotatable bonds is 5. The van der Waals surface area contributed by atoms with E-state index in [4.69, 9.17) is 0 Å². The van der Waals surface area contributed by atoms with Crippen molar-refractivity contribution in [3.8, 4) is 0 Å². The molecule has 1 aromatic rings. The molecule has 0 spiro atoms. The van der Waals surface area contributed by atoms with Gasteiger partial charge in [-0.25, -0.2) is 0 Å². The van der Waals surface area contributed by atoms with Crippen LogP contribution in [0.4, 0.5) is 0 Å². The molecule has 1 unspecified atom stereocenters. The van der Waals surface area contributed by atoms with Crippen molar-refractivity contribution in [2.75, 3.05) is 13.1 Å². The van der Waals surface area contributed by atoms with Crippen molar-refractivity contribution in [1.82, 2.24) is 10.2 Å². The second-order valence-electron chi connectivity index (χ2n) is 8.10. The van der Waals surface area contributed by atoms with E-state index in [1.807, 2.05) is 4.90 Å². The maximum Gasteiger partial charge on any atom is 0.225 e. The Morgan fingerprint density at radius 3 is 2.62 bits per heavy atom. The van der Waals surface area contributed by atoms with Crippen LogP contribution in [0.15, 0.2) is 18.2 Å². The molecule has 2 amide bonds. The van der Waals surface area contributed by atoms with Crippen LogP contribution in [0.1, 0.15) is 61.6 Å². The number of nitrogens with one attached hydrogen (secondary N) is 1. The van der Waals surface area contributed by atoms with Crippen LogP contribution >= 0.6 is 0 Å². The van der Waals surface area contributed by atoms with Crippen molar-refractivity contribution < 1.29 is 9.59 Å². The number of nitrogens with zero attached hydrogens (tertiary/aromatic N) is 1. The molecule has 1 heterocycles. The monoisotopic (exact) mass is 356 g/mol. The smallest absolute Gasteiger partial charge is 0.225 e. The van der Waals surface area contributed by atoms with Crippen LogP contribution in [0.2, 0.25) is 0 Å². The van der Waals surface area contributed by atoms with Gasteiger partial charge in [0, 0.05) is 31.5 Å². The molecule has 1 N–H and O–H groups in total. The van der Waals surface area contributed by atoms with Crippen LogP contribution in [-0.2, 0) is 16.0 Å². The zero-order chi connectivity index (χ0) is 18.5. The molecular formula is C22H32N2O2. The third-order valence-corrected chi connectivity index (χ3v) is 5.94. The second kappa shape index (κ2) is 8.70. The third-order valence-electron chi connectivity index (χ3n) is 5.94. The summed E-state index contributed by atoms with van der Waals surface area (Å²) in [6.07, 6.45) is 7.89. The summed E-state index contributed by atoms with van der Waals surface area (Å²) in [7, 11) is 0. The Morgan fingerprint density at radius 2 is 1.88 bits per heavy atom. The first kappa shape index (κ1) is 18.9. The van der Waals surface area contributed by atoms with Crippen molar-refractivity contribution in [1.29, 1.82) is 0 Å².